The molecule has 0 saturated carbocycles. The van der Waals surface area contributed by atoms with E-state index in [1.165, 1.54) is 35.9 Å². The number of aryl methyl sites for hydroxylation is 1. The van der Waals surface area contributed by atoms with Gasteiger partial charge in [0, 0.05) is 13.0 Å². The molecule has 0 bridgehead atoms. The molecule has 0 saturated heterocycles. The molecule has 0 radical (unpaired) electrons. The van der Waals surface area contributed by atoms with Crippen LogP contribution in [0.25, 0.3) is 5.57 Å². The highest BCUT2D eigenvalue weighted by Crippen LogP contribution is 2.35. The summed E-state index contributed by atoms with van der Waals surface area (Å²) in [5, 5.41) is 4.18. The third kappa shape index (κ3) is 4.77. The Kier molecular flexibility index (Phi) is 6.38. The molecule has 0 spiro atoms. The average molecular weight is 425 g/mol. The zero-order valence-electron chi connectivity index (χ0n) is 16.4. The van der Waals surface area contributed by atoms with E-state index in [4.69, 9.17) is 4.74 Å². The van der Waals surface area contributed by atoms with Gasteiger partial charge in [0.2, 0.25) is 0 Å². The minimum atomic E-state index is -4.63. The lowest BCUT2D eigenvalue weighted by Gasteiger charge is -2.12. The van der Waals surface area contributed by atoms with Gasteiger partial charge in [0.25, 0.3) is 0 Å². The highest BCUT2D eigenvalue weighted by Gasteiger charge is 2.34. The third-order valence-corrected chi connectivity index (χ3v) is 4.49. The first-order valence-electron chi connectivity index (χ1n) is 9.41. The Hall–Kier alpha value is -2.97. The van der Waals surface area contributed by atoms with Crippen molar-refractivity contribution in [2.75, 3.05) is 0 Å². The van der Waals surface area contributed by atoms with Crippen LogP contribution < -0.4 is 4.74 Å². The van der Waals surface area contributed by atoms with Gasteiger partial charge in [-0.05, 0) is 43.7 Å². The largest absolute Gasteiger partial charge is 0.482 e. The lowest BCUT2D eigenvalue weighted by Crippen LogP contribution is -2.11. The second-order valence-electron chi connectivity index (χ2n) is 6.63. The molecule has 1 aromatic heterocycles. The topological polar surface area (TPSA) is 39.9 Å². The van der Waals surface area contributed by atoms with Crippen molar-refractivity contribution in [2.24, 2.45) is 0 Å². The number of fused-ring (bicyclic) bond motifs is 1. The van der Waals surface area contributed by atoms with Crippen LogP contribution in [0.4, 0.5) is 22.0 Å². The van der Waals surface area contributed by atoms with Crippen LogP contribution in [0.2, 0.25) is 0 Å². The molecule has 0 amide bonds. The summed E-state index contributed by atoms with van der Waals surface area (Å²) in [6.45, 7) is 3.35. The summed E-state index contributed by atoms with van der Waals surface area (Å²) in [5.74, 6) is -0.630. The number of nitrogens with zero attached hydrogens (tertiary/aromatic N) is 3. The Bertz CT molecular complexity index is 987. The fourth-order valence-corrected chi connectivity index (χ4v) is 3.06. The van der Waals surface area contributed by atoms with Crippen LogP contribution in [0.1, 0.15) is 44.4 Å². The monoisotopic (exact) mass is 425 g/mol. The van der Waals surface area contributed by atoms with Crippen LogP contribution in [-0.4, -0.2) is 20.9 Å². The van der Waals surface area contributed by atoms with Crippen LogP contribution in [0.5, 0.6) is 5.75 Å². The van der Waals surface area contributed by atoms with Crippen molar-refractivity contribution in [1.82, 2.24) is 14.8 Å². The van der Waals surface area contributed by atoms with Gasteiger partial charge in [-0.15, -0.1) is 0 Å². The Morgan fingerprint density at radius 1 is 1.27 bits per heavy atom. The lowest BCUT2D eigenvalue weighted by atomic mass is 10.1. The summed E-state index contributed by atoms with van der Waals surface area (Å²) < 4.78 is 74.7. The van der Waals surface area contributed by atoms with Crippen LogP contribution in [0.3, 0.4) is 0 Å². The maximum atomic E-state index is 14.5. The van der Waals surface area contributed by atoms with Crippen molar-refractivity contribution in [3.63, 3.8) is 0 Å². The predicted octanol–water partition coefficient (Wildman–Crippen LogP) is 6.10. The Morgan fingerprint density at radius 2 is 1.97 bits per heavy atom. The van der Waals surface area contributed by atoms with Gasteiger partial charge in [0.1, 0.15) is 17.4 Å². The SMILES string of the molecule is C\C=C(F)/C(=C\C(=C\CC)C(F)(F)F)c1nc2n(n1)CCC2Oc1ccc(F)cc1. The molecule has 1 unspecified atom stereocenters. The van der Waals surface area contributed by atoms with E-state index < -0.39 is 29.5 Å². The molecule has 1 aliphatic heterocycles. The molecular formula is C21H20F5N3O. The Morgan fingerprint density at radius 3 is 2.57 bits per heavy atom. The van der Waals surface area contributed by atoms with Crippen molar-refractivity contribution in [3.05, 3.63) is 71.4 Å². The summed E-state index contributed by atoms with van der Waals surface area (Å²) in [4.78, 5) is 4.26. The van der Waals surface area contributed by atoms with Gasteiger partial charge in [0.15, 0.2) is 17.8 Å². The van der Waals surface area contributed by atoms with E-state index in [2.05, 4.69) is 10.1 Å². The number of ether oxygens (including phenoxy) is 1. The second kappa shape index (κ2) is 8.81. The maximum Gasteiger partial charge on any atom is 0.416 e. The average Bonchev–Trinajstić information content (AvgIpc) is 3.27. The molecule has 4 nitrogen and oxygen atoms in total. The minimum absolute atomic E-state index is 0.136. The van der Waals surface area contributed by atoms with Crippen molar-refractivity contribution < 1.29 is 26.7 Å². The summed E-state index contributed by atoms with van der Waals surface area (Å²) >= 11 is 0. The first-order valence-corrected chi connectivity index (χ1v) is 9.41. The molecule has 1 atom stereocenters. The zero-order valence-corrected chi connectivity index (χ0v) is 16.4. The molecule has 1 aliphatic rings. The van der Waals surface area contributed by atoms with Gasteiger partial charge in [0.05, 0.1) is 11.1 Å². The summed E-state index contributed by atoms with van der Waals surface area (Å²) in [5.41, 5.74) is -1.32. The number of allylic oxidation sites excluding steroid dienone is 6. The molecular weight excluding hydrogens is 405 g/mol. The molecule has 1 aromatic carbocycles. The van der Waals surface area contributed by atoms with Gasteiger partial charge >= 0.3 is 6.18 Å². The normalized spacial score (nSPS) is 18.0. The van der Waals surface area contributed by atoms with E-state index in [1.807, 2.05) is 0 Å². The predicted molar refractivity (Wildman–Crippen MR) is 102 cm³/mol. The lowest BCUT2D eigenvalue weighted by molar-refractivity contribution is -0.0883. The molecule has 2 heterocycles. The number of aromatic nitrogens is 3. The first-order chi connectivity index (χ1) is 14.2. The fourth-order valence-electron chi connectivity index (χ4n) is 3.06. The molecule has 3 rings (SSSR count). The minimum Gasteiger partial charge on any atom is -0.482 e. The van der Waals surface area contributed by atoms with Crippen molar-refractivity contribution in [3.8, 4) is 5.75 Å². The van der Waals surface area contributed by atoms with Gasteiger partial charge < -0.3 is 4.74 Å². The number of halogens is 5. The Balaban J connectivity index is 1.95. The van der Waals surface area contributed by atoms with Crippen LogP contribution >= 0.6 is 0 Å². The molecule has 0 N–H and O–H groups in total. The highest BCUT2D eigenvalue weighted by molar-refractivity contribution is 5.75. The van der Waals surface area contributed by atoms with E-state index in [-0.39, 0.29) is 17.8 Å². The molecule has 0 aliphatic carbocycles. The van der Waals surface area contributed by atoms with Gasteiger partial charge in [-0.3, -0.25) is 0 Å². The molecule has 9 heteroatoms. The van der Waals surface area contributed by atoms with Gasteiger partial charge in [-0.1, -0.05) is 19.1 Å². The third-order valence-electron chi connectivity index (χ3n) is 4.49. The van der Waals surface area contributed by atoms with Crippen molar-refractivity contribution in [1.29, 1.82) is 0 Å². The molecule has 2 aromatic rings. The number of hydrogen-bond donors (Lipinski definition) is 0. The van der Waals surface area contributed by atoms with E-state index in [0.717, 1.165) is 18.2 Å². The van der Waals surface area contributed by atoms with Crippen molar-refractivity contribution >= 4 is 5.57 Å². The second-order valence-corrected chi connectivity index (χ2v) is 6.63. The van der Waals surface area contributed by atoms with E-state index in [0.29, 0.717) is 24.5 Å². The maximum absolute atomic E-state index is 14.5. The standard InChI is InChI=1S/C21H20F5N3O/c1-3-5-13(21(24,25)26)12-16(17(23)4-2)19-27-20-18(10-11-29(20)28-19)30-15-8-6-14(22)7-9-15/h4-9,12,18H,3,10-11H2,1-2H3/b13-5-,16-12+,17-4+. The van der Waals surface area contributed by atoms with Gasteiger partial charge in [-0.2, -0.15) is 18.3 Å². The number of benzene rings is 1. The molecule has 0 fully saturated rings. The van der Waals surface area contributed by atoms with E-state index >= 15 is 0 Å². The smallest absolute Gasteiger partial charge is 0.416 e. The number of rotatable bonds is 6. The Labute approximate surface area is 170 Å². The first kappa shape index (κ1) is 21.7. The van der Waals surface area contributed by atoms with E-state index in [9.17, 15) is 22.0 Å². The van der Waals surface area contributed by atoms with Crippen molar-refractivity contribution in [2.45, 2.75) is 45.5 Å². The molecule has 30 heavy (non-hydrogen) atoms. The summed E-state index contributed by atoms with van der Waals surface area (Å²) in [7, 11) is 0. The van der Waals surface area contributed by atoms with E-state index in [1.54, 1.807) is 6.92 Å². The number of alkyl halides is 3. The van der Waals surface area contributed by atoms with Crippen LogP contribution in [0.15, 0.2) is 53.9 Å². The quantitative estimate of drug-likeness (QED) is 0.415. The van der Waals surface area contributed by atoms with Gasteiger partial charge in [-0.25, -0.2) is 18.4 Å². The molecule has 160 valence electrons. The summed E-state index contributed by atoms with van der Waals surface area (Å²) in [6, 6.07) is 5.43. The van der Waals surface area contributed by atoms with Crippen LogP contribution in [0, 0.1) is 5.82 Å². The number of hydrogen-bond acceptors (Lipinski definition) is 3. The zero-order chi connectivity index (χ0) is 21.9. The fraction of sp³-hybridized carbons (Fsp3) is 0.333. The van der Waals surface area contributed by atoms with Crippen LogP contribution in [-0.2, 0) is 6.54 Å². The highest BCUT2D eigenvalue weighted by atomic mass is 19.4. The summed E-state index contributed by atoms with van der Waals surface area (Å²) in [6.07, 6.45) is -1.73.